The van der Waals surface area contributed by atoms with Crippen LogP contribution in [0.3, 0.4) is 0 Å². The van der Waals surface area contributed by atoms with E-state index >= 15 is 0 Å². The van der Waals surface area contributed by atoms with Crippen LogP contribution in [0.25, 0.3) is 0 Å². The number of rotatable bonds is 10. The number of aromatic nitrogens is 2. The molecule has 3 atom stereocenters. The van der Waals surface area contributed by atoms with Crippen molar-refractivity contribution in [1.82, 2.24) is 30.2 Å². The number of hydrogen-bond acceptors (Lipinski definition) is 7. The molecule has 1 aromatic heterocycles. The summed E-state index contributed by atoms with van der Waals surface area (Å²) in [6.45, 7) is 8.77. The molecule has 250 valence electrons. The molecule has 5 rings (SSSR count). The number of carbonyl (C=O) groups is 4. The highest BCUT2D eigenvalue weighted by molar-refractivity contribution is 5.95. The van der Waals surface area contributed by atoms with Gasteiger partial charge in [0.25, 0.3) is 5.91 Å². The lowest BCUT2D eigenvalue weighted by atomic mass is 9.71. The van der Waals surface area contributed by atoms with Crippen molar-refractivity contribution in [3.05, 3.63) is 89.7 Å². The van der Waals surface area contributed by atoms with Gasteiger partial charge < -0.3 is 29.9 Å². The molecule has 2 saturated heterocycles. The van der Waals surface area contributed by atoms with Crippen LogP contribution in [0.1, 0.15) is 49.2 Å². The smallest absolute Gasteiger partial charge is 0.410 e. The Morgan fingerprint density at radius 3 is 2.19 bits per heavy atom. The number of likely N-dealkylation sites (tertiary alicyclic amines) is 2. The SMILES string of the molecule is CNC(=O)[C@@H](NC(=O)[C@H]1CN(C(=O)c2cnn(Cc3ccccc3)c2)CC12CN(C(=O)OC(C)(C)C)C2)[C@@H](C)OCc1ccccc1. The molecule has 0 saturated carbocycles. The minimum atomic E-state index is -0.976. The Labute approximate surface area is 275 Å². The van der Waals surface area contributed by atoms with E-state index in [1.807, 2.05) is 60.7 Å². The minimum absolute atomic E-state index is 0.121. The standard InChI is InChI=1S/C35H44N6O6/c1-24(46-20-26-14-10-7-11-15-26)29(31(43)36-5)38-30(42)28-19-39(21-35(28)22-40(23-35)33(45)47-34(2,3)4)32(44)27-16-37-41(18-27)17-25-12-8-6-9-13-25/h6-16,18,24,28-29H,17,19-23H2,1-5H3,(H,36,43)(H,38,42)/t24-,28-,29+/m1/s1. The zero-order valence-electron chi connectivity index (χ0n) is 27.6. The molecule has 0 bridgehead atoms. The highest BCUT2D eigenvalue weighted by atomic mass is 16.6. The first-order valence-electron chi connectivity index (χ1n) is 15.9. The monoisotopic (exact) mass is 644 g/mol. The van der Waals surface area contributed by atoms with E-state index in [0.29, 0.717) is 12.1 Å². The van der Waals surface area contributed by atoms with Crippen molar-refractivity contribution >= 4 is 23.8 Å². The molecule has 3 aromatic rings. The summed E-state index contributed by atoms with van der Waals surface area (Å²) in [5.41, 5.74) is 1.01. The van der Waals surface area contributed by atoms with Gasteiger partial charge in [-0.3, -0.25) is 19.1 Å². The summed E-state index contributed by atoms with van der Waals surface area (Å²) in [7, 11) is 1.51. The van der Waals surface area contributed by atoms with E-state index in [2.05, 4.69) is 15.7 Å². The predicted molar refractivity (Wildman–Crippen MR) is 174 cm³/mol. The molecule has 4 amide bonds. The number of likely N-dealkylation sites (N-methyl/N-ethyl adjacent to an activating group) is 1. The summed E-state index contributed by atoms with van der Waals surface area (Å²) in [5, 5.41) is 9.93. The van der Waals surface area contributed by atoms with E-state index in [0.717, 1.165) is 11.1 Å². The van der Waals surface area contributed by atoms with Crippen LogP contribution in [-0.2, 0) is 32.2 Å². The molecular formula is C35H44N6O6. The molecule has 0 radical (unpaired) electrons. The van der Waals surface area contributed by atoms with Gasteiger partial charge >= 0.3 is 6.09 Å². The van der Waals surface area contributed by atoms with Gasteiger partial charge in [0, 0.05) is 44.8 Å². The molecule has 0 unspecified atom stereocenters. The molecule has 2 fully saturated rings. The third kappa shape index (κ3) is 7.99. The third-order valence-electron chi connectivity index (χ3n) is 8.63. The zero-order chi connectivity index (χ0) is 33.8. The molecule has 12 nitrogen and oxygen atoms in total. The zero-order valence-corrected chi connectivity index (χ0v) is 27.6. The van der Waals surface area contributed by atoms with Crippen molar-refractivity contribution in [2.75, 3.05) is 33.2 Å². The van der Waals surface area contributed by atoms with Gasteiger partial charge in [-0.1, -0.05) is 60.7 Å². The van der Waals surface area contributed by atoms with Crippen LogP contribution in [0.5, 0.6) is 0 Å². The van der Waals surface area contributed by atoms with Crippen LogP contribution in [0.4, 0.5) is 4.79 Å². The van der Waals surface area contributed by atoms with Crippen LogP contribution in [-0.4, -0.2) is 94.4 Å². The Balaban J connectivity index is 1.32. The number of hydrogen-bond donors (Lipinski definition) is 2. The highest BCUT2D eigenvalue weighted by Gasteiger charge is 2.59. The second-order valence-corrected chi connectivity index (χ2v) is 13.5. The average molecular weight is 645 g/mol. The number of nitrogens with one attached hydrogen (secondary N) is 2. The second kappa shape index (κ2) is 14.0. The Bertz CT molecular complexity index is 1560. The van der Waals surface area contributed by atoms with Gasteiger partial charge in [-0.25, -0.2) is 4.79 Å². The van der Waals surface area contributed by atoms with Gasteiger partial charge in [-0.15, -0.1) is 0 Å². The fourth-order valence-electron chi connectivity index (χ4n) is 6.19. The number of nitrogens with zero attached hydrogens (tertiary/aromatic N) is 4. The van der Waals surface area contributed by atoms with Gasteiger partial charge in [-0.2, -0.15) is 5.10 Å². The van der Waals surface area contributed by atoms with Gasteiger partial charge in [0.2, 0.25) is 11.8 Å². The second-order valence-electron chi connectivity index (χ2n) is 13.5. The highest BCUT2D eigenvalue weighted by Crippen LogP contribution is 2.45. The molecule has 3 heterocycles. The Morgan fingerprint density at radius 2 is 1.57 bits per heavy atom. The largest absolute Gasteiger partial charge is 0.444 e. The molecule has 2 aromatic carbocycles. The van der Waals surface area contributed by atoms with Gasteiger partial charge in [-0.05, 0) is 38.8 Å². The quantitative estimate of drug-likeness (QED) is 0.347. The normalized spacial score (nSPS) is 18.3. The summed E-state index contributed by atoms with van der Waals surface area (Å²) in [6.07, 6.45) is 2.12. The molecule has 2 aliphatic heterocycles. The minimum Gasteiger partial charge on any atom is -0.444 e. The van der Waals surface area contributed by atoms with Crippen LogP contribution in [0.2, 0.25) is 0 Å². The molecule has 1 spiro atoms. The van der Waals surface area contributed by atoms with Crippen molar-refractivity contribution < 1.29 is 28.7 Å². The lowest BCUT2D eigenvalue weighted by Crippen LogP contribution is -2.65. The van der Waals surface area contributed by atoms with Crippen molar-refractivity contribution in [2.45, 2.75) is 58.6 Å². The van der Waals surface area contributed by atoms with E-state index in [-0.39, 0.29) is 44.6 Å². The molecule has 47 heavy (non-hydrogen) atoms. The van der Waals surface area contributed by atoms with E-state index in [9.17, 15) is 19.2 Å². The van der Waals surface area contributed by atoms with Crippen LogP contribution >= 0.6 is 0 Å². The van der Waals surface area contributed by atoms with Crippen molar-refractivity contribution in [3.8, 4) is 0 Å². The number of ether oxygens (including phenoxy) is 2. The predicted octanol–water partition coefficient (Wildman–Crippen LogP) is 3.08. The summed E-state index contributed by atoms with van der Waals surface area (Å²) in [6, 6.07) is 18.4. The number of amides is 4. The first kappa shape index (κ1) is 33.6. The third-order valence-corrected chi connectivity index (χ3v) is 8.63. The fraction of sp³-hybridized carbons (Fsp3) is 0.457. The Hall–Kier alpha value is -4.71. The number of carbonyl (C=O) groups excluding carboxylic acids is 4. The van der Waals surface area contributed by atoms with E-state index in [1.54, 1.807) is 48.4 Å². The summed E-state index contributed by atoms with van der Waals surface area (Å²) in [4.78, 5) is 56.9. The maximum atomic E-state index is 14.0. The van der Waals surface area contributed by atoms with Crippen LogP contribution in [0, 0.1) is 11.3 Å². The fourth-order valence-corrected chi connectivity index (χ4v) is 6.19. The van der Waals surface area contributed by atoms with E-state index in [4.69, 9.17) is 9.47 Å². The van der Waals surface area contributed by atoms with Crippen LogP contribution < -0.4 is 10.6 Å². The molecular weight excluding hydrogens is 600 g/mol. The lowest BCUT2D eigenvalue weighted by molar-refractivity contribution is -0.139. The number of benzene rings is 2. The Morgan fingerprint density at radius 1 is 0.957 bits per heavy atom. The van der Waals surface area contributed by atoms with E-state index in [1.165, 1.54) is 13.2 Å². The van der Waals surface area contributed by atoms with Crippen molar-refractivity contribution in [2.24, 2.45) is 11.3 Å². The summed E-state index contributed by atoms with van der Waals surface area (Å²) in [5.74, 6) is -1.71. The van der Waals surface area contributed by atoms with Gasteiger partial charge in [0.1, 0.15) is 11.6 Å². The molecule has 12 heteroatoms. The van der Waals surface area contributed by atoms with Crippen molar-refractivity contribution in [3.63, 3.8) is 0 Å². The van der Waals surface area contributed by atoms with Gasteiger partial charge in [0.15, 0.2) is 0 Å². The summed E-state index contributed by atoms with van der Waals surface area (Å²) < 4.78 is 13.3. The lowest BCUT2D eigenvalue weighted by Gasteiger charge is -2.50. The first-order chi connectivity index (χ1) is 22.4. The maximum Gasteiger partial charge on any atom is 0.410 e. The topological polar surface area (TPSA) is 135 Å². The maximum absolute atomic E-state index is 14.0. The molecule has 0 aliphatic carbocycles. The molecule has 2 aliphatic rings. The average Bonchev–Trinajstić information content (AvgIpc) is 3.67. The van der Waals surface area contributed by atoms with Gasteiger partial charge in [0.05, 0.1) is 36.9 Å². The summed E-state index contributed by atoms with van der Waals surface area (Å²) >= 11 is 0. The first-order valence-corrected chi connectivity index (χ1v) is 15.9. The Kier molecular flexibility index (Phi) is 9.99. The van der Waals surface area contributed by atoms with Crippen molar-refractivity contribution in [1.29, 1.82) is 0 Å². The molecule has 2 N–H and O–H groups in total. The van der Waals surface area contributed by atoms with Crippen LogP contribution in [0.15, 0.2) is 73.1 Å². The van der Waals surface area contributed by atoms with E-state index < -0.39 is 41.1 Å².